The van der Waals surface area contributed by atoms with Gasteiger partial charge in [0.1, 0.15) is 0 Å². The van der Waals surface area contributed by atoms with Gasteiger partial charge in [-0.05, 0) is 50.7 Å². The number of carbonyl (C=O) groups excluding carboxylic acids is 2. The molecule has 0 spiro atoms. The number of carbonyl (C=O) groups is 2. The zero-order valence-electron chi connectivity index (χ0n) is 17.5. The van der Waals surface area contributed by atoms with E-state index >= 15 is 0 Å². The van der Waals surface area contributed by atoms with Crippen LogP contribution in [0.2, 0.25) is 0 Å². The Balaban J connectivity index is 1.47. The highest BCUT2D eigenvalue weighted by Crippen LogP contribution is 2.24. The first-order valence-corrected chi connectivity index (χ1v) is 12.3. The van der Waals surface area contributed by atoms with E-state index in [1.807, 2.05) is 11.8 Å². The van der Waals surface area contributed by atoms with Gasteiger partial charge in [0.15, 0.2) is 9.84 Å². The molecule has 7 heteroatoms. The van der Waals surface area contributed by atoms with Crippen LogP contribution in [-0.4, -0.2) is 62.0 Å². The third-order valence-corrected chi connectivity index (χ3v) is 7.86. The summed E-state index contributed by atoms with van der Waals surface area (Å²) < 4.78 is 24.9. The molecule has 0 aromatic heterocycles. The molecule has 2 saturated heterocycles. The Morgan fingerprint density at radius 2 is 1.66 bits per heavy atom. The van der Waals surface area contributed by atoms with Gasteiger partial charge < -0.3 is 9.80 Å². The minimum absolute atomic E-state index is 0.0133. The lowest BCUT2D eigenvalue weighted by Gasteiger charge is -2.37. The SMILES string of the molecule is Cc1ccc(S(=O)(=O)CCC(=O)N2CCC(C(=O)N3CCCC(C)C3)CC2)cc1. The van der Waals surface area contributed by atoms with E-state index in [4.69, 9.17) is 0 Å². The monoisotopic (exact) mass is 420 g/mol. The number of likely N-dealkylation sites (tertiary alicyclic amines) is 2. The minimum atomic E-state index is -3.46. The normalized spacial score (nSPS) is 21.2. The third-order valence-electron chi connectivity index (χ3n) is 6.13. The lowest BCUT2D eigenvalue weighted by molar-refractivity contribution is -0.141. The highest BCUT2D eigenvalue weighted by atomic mass is 32.2. The van der Waals surface area contributed by atoms with Gasteiger partial charge in [-0.2, -0.15) is 0 Å². The number of sulfone groups is 1. The van der Waals surface area contributed by atoms with Crippen molar-refractivity contribution in [2.75, 3.05) is 31.9 Å². The Kier molecular flexibility index (Phi) is 6.98. The Hall–Kier alpha value is -1.89. The van der Waals surface area contributed by atoms with E-state index in [1.54, 1.807) is 29.2 Å². The van der Waals surface area contributed by atoms with E-state index in [9.17, 15) is 18.0 Å². The van der Waals surface area contributed by atoms with Crippen LogP contribution >= 0.6 is 0 Å². The summed E-state index contributed by atoms with van der Waals surface area (Å²) in [6.45, 7) is 6.84. The van der Waals surface area contributed by atoms with Crippen molar-refractivity contribution in [1.82, 2.24) is 9.80 Å². The molecule has 1 aromatic rings. The predicted molar refractivity (Wildman–Crippen MR) is 112 cm³/mol. The van der Waals surface area contributed by atoms with Crippen LogP contribution in [0.3, 0.4) is 0 Å². The second-order valence-electron chi connectivity index (χ2n) is 8.57. The number of amides is 2. The highest BCUT2D eigenvalue weighted by Gasteiger charge is 2.32. The van der Waals surface area contributed by atoms with Gasteiger partial charge in [0.2, 0.25) is 11.8 Å². The van der Waals surface area contributed by atoms with Crippen molar-refractivity contribution in [3.63, 3.8) is 0 Å². The van der Waals surface area contributed by atoms with Crippen LogP contribution in [-0.2, 0) is 19.4 Å². The van der Waals surface area contributed by atoms with Crippen molar-refractivity contribution >= 4 is 21.7 Å². The van der Waals surface area contributed by atoms with Gasteiger partial charge >= 0.3 is 0 Å². The van der Waals surface area contributed by atoms with Crippen molar-refractivity contribution in [3.8, 4) is 0 Å². The van der Waals surface area contributed by atoms with Crippen LogP contribution < -0.4 is 0 Å². The summed E-state index contributed by atoms with van der Waals surface area (Å²) in [5, 5.41) is 0. The van der Waals surface area contributed by atoms with E-state index in [2.05, 4.69) is 6.92 Å². The molecule has 2 heterocycles. The molecule has 29 heavy (non-hydrogen) atoms. The fraction of sp³-hybridized carbons (Fsp3) is 0.636. The van der Waals surface area contributed by atoms with Crippen LogP contribution in [0.1, 0.15) is 44.6 Å². The molecule has 3 rings (SSSR count). The summed E-state index contributed by atoms with van der Waals surface area (Å²) in [5.74, 6) is 0.452. The van der Waals surface area contributed by atoms with Crippen LogP contribution in [0.15, 0.2) is 29.2 Å². The molecule has 1 atom stereocenters. The largest absolute Gasteiger partial charge is 0.343 e. The van der Waals surface area contributed by atoms with E-state index < -0.39 is 9.84 Å². The maximum Gasteiger partial charge on any atom is 0.225 e. The van der Waals surface area contributed by atoms with E-state index in [0.717, 1.165) is 25.1 Å². The molecule has 2 aliphatic heterocycles. The topological polar surface area (TPSA) is 74.8 Å². The quantitative estimate of drug-likeness (QED) is 0.734. The summed E-state index contributed by atoms with van der Waals surface area (Å²) >= 11 is 0. The standard InChI is InChI=1S/C22H32N2O4S/c1-17-5-7-20(8-6-17)29(27,28)15-11-21(25)23-13-9-19(10-14-23)22(26)24-12-3-4-18(2)16-24/h5-8,18-19H,3-4,9-16H2,1-2H3. The molecular formula is C22H32N2O4S. The molecule has 0 saturated carbocycles. The van der Waals surface area contributed by atoms with Gasteiger partial charge in [0, 0.05) is 38.5 Å². The van der Waals surface area contributed by atoms with Crippen LogP contribution in [0, 0.1) is 18.8 Å². The predicted octanol–water partition coefficient (Wildman–Crippen LogP) is 2.66. The first kappa shape index (κ1) is 21.8. The van der Waals surface area contributed by atoms with Gasteiger partial charge in [-0.1, -0.05) is 24.6 Å². The Labute approximate surface area is 174 Å². The maximum atomic E-state index is 12.8. The van der Waals surface area contributed by atoms with Crippen LogP contribution in [0.5, 0.6) is 0 Å². The van der Waals surface area contributed by atoms with Crippen molar-refractivity contribution in [2.24, 2.45) is 11.8 Å². The van der Waals surface area contributed by atoms with Gasteiger partial charge in [0.25, 0.3) is 0 Å². The summed E-state index contributed by atoms with van der Waals surface area (Å²) in [7, 11) is -3.46. The first-order valence-electron chi connectivity index (χ1n) is 10.6. The summed E-state index contributed by atoms with van der Waals surface area (Å²) in [4.78, 5) is 29.2. The maximum absolute atomic E-state index is 12.8. The molecular weight excluding hydrogens is 388 g/mol. The zero-order chi connectivity index (χ0) is 21.0. The van der Waals surface area contributed by atoms with E-state index in [0.29, 0.717) is 31.8 Å². The molecule has 0 N–H and O–H groups in total. The third kappa shape index (κ3) is 5.59. The molecule has 0 aliphatic carbocycles. The molecule has 0 bridgehead atoms. The lowest BCUT2D eigenvalue weighted by atomic mass is 9.92. The number of benzene rings is 1. The molecule has 1 aromatic carbocycles. The molecule has 1 unspecified atom stereocenters. The van der Waals surface area contributed by atoms with Gasteiger partial charge in [-0.15, -0.1) is 0 Å². The Bertz CT molecular complexity index is 827. The average molecular weight is 421 g/mol. The Morgan fingerprint density at radius 1 is 1.00 bits per heavy atom. The molecule has 2 aliphatic rings. The zero-order valence-corrected chi connectivity index (χ0v) is 18.3. The molecule has 6 nitrogen and oxygen atoms in total. The van der Waals surface area contributed by atoms with Crippen molar-refractivity contribution < 1.29 is 18.0 Å². The van der Waals surface area contributed by atoms with Gasteiger partial charge in [-0.3, -0.25) is 9.59 Å². The molecule has 2 fully saturated rings. The highest BCUT2D eigenvalue weighted by molar-refractivity contribution is 7.91. The number of hydrogen-bond acceptors (Lipinski definition) is 4. The number of aryl methyl sites for hydroxylation is 1. The minimum Gasteiger partial charge on any atom is -0.343 e. The first-order chi connectivity index (χ1) is 13.8. The molecule has 2 amide bonds. The summed E-state index contributed by atoms with van der Waals surface area (Å²) in [5.41, 5.74) is 0.997. The van der Waals surface area contributed by atoms with E-state index in [1.165, 1.54) is 6.42 Å². The fourth-order valence-corrected chi connectivity index (χ4v) is 5.50. The fourth-order valence-electron chi connectivity index (χ4n) is 4.27. The number of nitrogens with zero attached hydrogens (tertiary/aromatic N) is 2. The Morgan fingerprint density at radius 3 is 2.28 bits per heavy atom. The molecule has 160 valence electrons. The second-order valence-corrected chi connectivity index (χ2v) is 10.7. The van der Waals surface area contributed by atoms with E-state index in [-0.39, 0.29) is 34.8 Å². The smallest absolute Gasteiger partial charge is 0.225 e. The second kappa shape index (κ2) is 9.28. The molecule has 0 radical (unpaired) electrons. The number of rotatable bonds is 5. The number of piperidine rings is 2. The van der Waals surface area contributed by atoms with Crippen LogP contribution in [0.4, 0.5) is 0 Å². The van der Waals surface area contributed by atoms with Crippen molar-refractivity contribution in [3.05, 3.63) is 29.8 Å². The van der Waals surface area contributed by atoms with Gasteiger partial charge in [-0.25, -0.2) is 8.42 Å². The van der Waals surface area contributed by atoms with Crippen molar-refractivity contribution in [2.45, 2.75) is 50.8 Å². The van der Waals surface area contributed by atoms with Crippen LogP contribution in [0.25, 0.3) is 0 Å². The summed E-state index contributed by atoms with van der Waals surface area (Å²) in [6.07, 6.45) is 3.57. The lowest BCUT2D eigenvalue weighted by Crippen LogP contribution is -2.47. The van der Waals surface area contributed by atoms with Crippen molar-refractivity contribution in [1.29, 1.82) is 0 Å². The number of hydrogen-bond donors (Lipinski definition) is 0. The summed E-state index contributed by atoms with van der Waals surface area (Å²) in [6, 6.07) is 6.71. The van der Waals surface area contributed by atoms with Gasteiger partial charge in [0.05, 0.1) is 10.6 Å². The average Bonchev–Trinajstić information content (AvgIpc) is 2.72.